The molecule has 0 atom stereocenters. The second-order valence-electron chi connectivity index (χ2n) is 7.21. The quantitative estimate of drug-likeness (QED) is 0.443. The van der Waals surface area contributed by atoms with Gasteiger partial charge in [0.2, 0.25) is 6.33 Å². The lowest BCUT2D eigenvalue weighted by atomic mass is 9.92. The van der Waals surface area contributed by atoms with Crippen molar-refractivity contribution in [3.8, 4) is 5.69 Å². The minimum absolute atomic E-state index is 0.532. The molecule has 0 saturated carbocycles. The van der Waals surface area contributed by atoms with E-state index in [9.17, 15) is 0 Å². The predicted molar refractivity (Wildman–Crippen MR) is 98.3 cm³/mol. The molecule has 0 saturated heterocycles. The lowest BCUT2D eigenvalue weighted by Crippen LogP contribution is -2.30. The van der Waals surface area contributed by atoms with E-state index in [1.54, 1.807) is 0 Å². The van der Waals surface area contributed by atoms with Crippen molar-refractivity contribution in [3.63, 3.8) is 0 Å². The number of para-hydroxylation sites is 1. The molecule has 126 valence electrons. The summed E-state index contributed by atoms with van der Waals surface area (Å²) in [6, 6.07) is 6.76. The zero-order chi connectivity index (χ0) is 16.8. The lowest BCUT2D eigenvalue weighted by Gasteiger charge is -2.16. The van der Waals surface area contributed by atoms with E-state index in [-0.39, 0.29) is 0 Å². The molecule has 0 unspecified atom stereocenters. The monoisotopic (exact) mass is 313 g/mol. The highest BCUT2D eigenvalue weighted by molar-refractivity contribution is 5.50. The third-order valence-corrected chi connectivity index (χ3v) is 4.56. The van der Waals surface area contributed by atoms with Gasteiger partial charge in [0, 0.05) is 11.1 Å². The van der Waals surface area contributed by atoms with Gasteiger partial charge in [-0.1, -0.05) is 65.7 Å². The van der Waals surface area contributed by atoms with Gasteiger partial charge in [-0.05, 0) is 24.7 Å². The zero-order valence-electron chi connectivity index (χ0n) is 15.5. The average Bonchev–Trinajstić information content (AvgIpc) is 2.99. The summed E-state index contributed by atoms with van der Waals surface area (Å²) in [5.74, 6) is 1.06. The molecule has 2 aromatic rings. The molecule has 0 spiro atoms. The van der Waals surface area contributed by atoms with E-state index in [4.69, 9.17) is 0 Å². The summed E-state index contributed by atoms with van der Waals surface area (Å²) in [5, 5.41) is 0. The maximum absolute atomic E-state index is 2.33. The van der Waals surface area contributed by atoms with Gasteiger partial charge in [0.15, 0.2) is 0 Å². The van der Waals surface area contributed by atoms with Gasteiger partial charge in [0.25, 0.3) is 0 Å². The SMILES string of the molecule is CCCCCC[n+]1ccn(-c2c(C(C)C)cccc2C(C)C)c1. The zero-order valence-corrected chi connectivity index (χ0v) is 15.5. The fourth-order valence-electron chi connectivity index (χ4n) is 3.19. The molecule has 1 heterocycles. The average molecular weight is 314 g/mol. The Balaban J connectivity index is 2.29. The van der Waals surface area contributed by atoms with Crippen molar-refractivity contribution in [2.75, 3.05) is 0 Å². The van der Waals surface area contributed by atoms with Crippen molar-refractivity contribution in [2.24, 2.45) is 0 Å². The van der Waals surface area contributed by atoms with E-state index in [1.807, 2.05) is 0 Å². The molecule has 2 heteroatoms. The van der Waals surface area contributed by atoms with E-state index in [0.717, 1.165) is 6.54 Å². The predicted octanol–water partition coefficient (Wildman–Crippen LogP) is 5.59. The Morgan fingerprint density at radius 1 is 0.957 bits per heavy atom. The summed E-state index contributed by atoms with van der Waals surface area (Å²) in [6.45, 7) is 12.5. The summed E-state index contributed by atoms with van der Waals surface area (Å²) in [4.78, 5) is 0. The van der Waals surface area contributed by atoms with Crippen LogP contribution in [0.4, 0.5) is 0 Å². The largest absolute Gasteiger partial charge is 0.248 e. The van der Waals surface area contributed by atoms with Crippen LogP contribution in [-0.4, -0.2) is 4.57 Å². The lowest BCUT2D eigenvalue weighted by molar-refractivity contribution is -0.696. The number of hydrogen-bond acceptors (Lipinski definition) is 0. The van der Waals surface area contributed by atoms with Gasteiger partial charge in [-0.15, -0.1) is 0 Å². The topological polar surface area (TPSA) is 8.81 Å². The second kappa shape index (κ2) is 8.33. The Labute approximate surface area is 142 Å². The maximum Gasteiger partial charge on any atom is 0.248 e. The van der Waals surface area contributed by atoms with Gasteiger partial charge in [0.05, 0.1) is 6.54 Å². The normalized spacial score (nSPS) is 11.6. The minimum Gasteiger partial charge on any atom is -0.236 e. The van der Waals surface area contributed by atoms with Crippen molar-refractivity contribution < 1.29 is 4.57 Å². The first kappa shape index (κ1) is 17.8. The van der Waals surface area contributed by atoms with Crippen LogP contribution in [0.1, 0.15) is 83.3 Å². The van der Waals surface area contributed by atoms with Gasteiger partial charge < -0.3 is 0 Å². The molecule has 0 amide bonds. The van der Waals surface area contributed by atoms with Crippen LogP contribution >= 0.6 is 0 Å². The van der Waals surface area contributed by atoms with E-state index in [2.05, 4.69) is 80.7 Å². The van der Waals surface area contributed by atoms with Gasteiger partial charge in [-0.3, -0.25) is 0 Å². The Bertz CT molecular complexity index is 582. The number of aryl methyl sites for hydroxylation is 1. The van der Waals surface area contributed by atoms with Crippen molar-refractivity contribution in [3.05, 3.63) is 48.0 Å². The molecular weight excluding hydrogens is 280 g/mol. The molecule has 2 nitrogen and oxygen atoms in total. The highest BCUT2D eigenvalue weighted by atomic mass is 15.1. The maximum atomic E-state index is 2.33. The van der Waals surface area contributed by atoms with Crippen LogP contribution in [0.25, 0.3) is 5.69 Å². The molecule has 0 radical (unpaired) electrons. The molecule has 1 aromatic carbocycles. The molecule has 23 heavy (non-hydrogen) atoms. The third kappa shape index (κ3) is 4.46. The molecule has 1 aromatic heterocycles. The molecule has 2 rings (SSSR count). The number of unbranched alkanes of at least 4 members (excludes halogenated alkanes) is 3. The third-order valence-electron chi connectivity index (χ3n) is 4.56. The highest BCUT2D eigenvalue weighted by Crippen LogP contribution is 2.30. The summed E-state index contributed by atoms with van der Waals surface area (Å²) in [6.07, 6.45) is 11.9. The van der Waals surface area contributed by atoms with E-state index in [0.29, 0.717) is 11.8 Å². The van der Waals surface area contributed by atoms with Crippen molar-refractivity contribution in [1.82, 2.24) is 4.57 Å². The summed E-state index contributed by atoms with van der Waals surface area (Å²) in [5.41, 5.74) is 4.25. The Morgan fingerprint density at radius 3 is 2.17 bits per heavy atom. The van der Waals surface area contributed by atoms with Crippen molar-refractivity contribution >= 4 is 0 Å². The molecular formula is C21H33N2+. The molecule has 0 aliphatic carbocycles. The van der Waals surface area contributed by atoms with Crippen LogP contribution in [0.2, 0.25) is 0 Å². The van der Waals surface area contributed by atoms with Gasteiger partial charge >= 0.3 is 0 Å². The van der Waals surface area contributed by atoms with E-state index < -0.39 is 0 Å². The number of imidazole rings is 1. The molecule has 0 aliphatic heterocycles. The van der Waals surface area contributed by atoms with Crippen molar-refractivity contribution in [2.45, 2.75) is 78.7 Å². The van der Waals surface area contributed by atoms with Crippen LogP contribution in [-0.2, 0) is 6.54 Å². The van der Waals surface area contributed by atoms with Crippen LogP contribution < -0.4 is 4.57 Å². The fraction of sp³-hybridized carbons (Fsp3) is 0.571. The van der Waals surface area contributed by atoms with Crippen LogP contribution in [0.3, 0.4) is 0 Å². The fourth-order valence-corrected chi connectivity index (χ4v) is 3.19. The summed E-state index contributed by atoms with van der Waals surface area (Å²) in [7, 11) is 0. The number of hydrogen-bond donors (Lipinski definition) is 0. The summed E-state index contributed by atoms with van der Waals surface area (Å²) >= 11 is 0. The Morgan fingerprint density at radius 2 is 1.61 bits per heavy atom. The van der Waals surface area contributed by atoms with Gasteiger partial charge in [0.1, 0.15) is 18.1 Å². The first-order valence-electron chi connectivity index (χ1n) is 9.24. The second-order valence-corrected chi connectivity index (χ2v) is 7.21. The van der Waals surface area contributed by atoms with Gasteiger partial charge in [-0.2, -0.15) is 0 Å². The first-order chi connectivity index (χ1) is 11.0. The molecule has 0 N–H and O–H groups in total. The van der Waals surface area contributed by atoms with E-state index >= 15 is 0 Å². The minimum atomic E-state index is 0.532. The van der Waals surface area contributed by atoms with Crippen LogP contribution in [0, 0.1) is 0 Å². The van der Waals surface area contributed by atoms with Crippen LogP contribution in [0.5, 0.6) is 0 Å². The molecule has 0 fully saturated rings. The number of rotatable bonds is 8. The van der Waals surface area contributed by atoms with Crippen LogP contribution in [0.15, 0.2) is 36.9 Å². The van der Waals surface area contributed by atoms with Gasteiger partial charge in [-0.25, -0.2) is 9.13 Å². The van der Waals surface area contributed by atoms with E-state index in [1.165, 1.54) is 42.5 Å². The Kier molecular flexibility index (Phi) is 6.44. The first-order valence-corrected chi connectivity index (χ1v) is 9.24. The highest BCUT2D eigenvalue weighted by Gasteiger charge is 2.19. The standard InChI is InChI=1S/C21H33N2/c1-6-7-8-9-13-22-14-15-23(16-22)21-19(17(2)3)11-10-12-20(21)18(4)5/h10-12,14-18H,6-9,13H2,1-5H3/q+1. The summed E-state index contributed by atoms with van der Waals surface area (Å²) < 4.78 is 4.65. The smallest absolute Gasteiger partial charge is 0.236 e. The molecule has 0 aliphatic rings. The van der Waals surface area contributed by atoms with Crippen molar-refractivity contribution in [1.29, 1.82) is 0 Å². The molecule has 0 bridgehead atoms. The number of aromatic nitrogens is 2. The number of benzene rings is 1. The number of nitrogens with zero attached hydrogens (tertiary/aromatic N) is 2. The Hall–Kier alpha value is -1.57.